The zero-order valence-corrected chi connectivity index (χ0v) is 20.6. The number of carbonyl (C=O) groups is 1. The molecule has 1 aromatic rings. The Bertz CT molecular complexity index is 677. The van der Waals surface area contributed by atoms with Gasteiger partial charge in [-0.15, -0.1) is 24.0 Å². The fourth-order valence-corrected chi connectivity index (χ4v) is 3.94. The molecule has 2 aliphatic rings. The summed E-state index contributed by atoms with van der Waals surface area (Å²) in [6.45, 7) is 6.87. The minimum absolute atomic E-state index is 0. The van der Waals surface area contributed by atoms with Gasteiger partial charge < -0.3 is 20.3 Å². The van der Waals surface area contributed by atoms with Crippen molar-refractivity contribution < 1.29 is 9.53 Å². The Hall–Kier alpha value is -1.58. The molecule has 1 aliphatic heterocycles. The van der Waals surface area contributed by atoms with Crippen molar-refractivity contribution in [1.82, 2.24) is 20.5 Å². The smallest absolute Gasteiger partial charge is 0.222 e. The summed E-state index contributed by atoms with van der Waals surface area (Å²) in [5, 5.41) is 6.76. The molecule has 1 unspecified atom stereocenters. The molecule has 1 atom stereocenters. The fraction of sp³-hybridized carbons (Fsp3) is 0.682. The second kappa shape index (κ2) is 13.0. The van der Waals surface area contributed by atoms with E-state index in [1.807, 2.05) is 30.2 Å². The standard InChI is InChI=1S/C22H35N5O2.HI/c1-3-21(28)27-13-12-18(16-27)26-22(23-4-2)25-15-17-10-11-20(24-14-17)29-19-8-6-5-7-9-19;/h10-11,14,18-19H,3-9,12-13,15-16H2,1-2H3,(H2,23,25,26);1H. The minimum atomic E-state index is 0. The quantitative estimate of drug-likeness (QED) is 0.321. The van der Waals surface area contributed by atoms with E-state index in [-0.39, 0.29) is 35.9 Å². The molecule has 1 saturated heterocycles. The number of guanidine groups is 1. The Labute approximate surface area is 197 Å². The van der Waals surface area contributed by atoms with Crippen LogP contribution in [-0.4, -0.2) is 53.5 Å². The lowest BCUT2D eigenvalue weighted by Crippen LogP contribution is -2.45. The number of aliphatic imine (C=N–C) groups is 1. The average Bonchev–Trinajstić information content (AvgIpc) is 3.22. The Morgan fingerprint density at radius 2 is 2.03 bits per heavy atom. The van der Waals surface area contributed by atoms with Crippen molar-refractivity contribution >= 4 is 35.8 Å². The van der Waals surface area contributed by atoms with Crippen molar-refractivity contribution in [2.24, 2.45) is 4.99 Å². The van der Waals surface area contributed by atoms with Crippen molar-refractivity contribution in [3.05, 3.63) is 23.9 Å². The SMILES string of the molecule is CCNC(=NCc1ccc(OC2CCCCC2)nc1)NC1CCN(C(=O)CC)C1.I. The summed E-state index contributed by atoms with van der Waals surface area (Å²) in [4.78, 5) is 23.0. The van der Waals surface area contributed by atoms with Crippen LogP contribution in [0.25, 0.3) is 0 Å². The number of rotatable bonds is 7. The van der Waals surface area contributed by atoms with Crippen LogP contribution in [0.15, 0.2) is 23.3 Å². The number of amides is 1. The number of ether oxygens (including phenoxy) is 1. The van der Waals surface area contributed by atoms with Gasteiger partial charge in [0.1, 0.15) is 6.10 Å². The number of hydrogen-bond donors (Lipinski definition) is 2. The minimum Gasteiger partial charge on any atom is -0.474 e. The van der Waals surface area contributed by atoms with Gasteiger partial charge in [-0.3, -0.25) is 4.79 Å². The largest absolute Gasteiger partial charge is 0.474 e. The molecule has 8 heteroatoms. The van der Waals surface area contributed by atoms with E-state index in [0.29, 0.717) is 24.9 Å². The molecular formula is C22H36IN5O2. The normalized spacial score (nSPS) is 19.9. The van der Waals surface area contributed by atoms with E-state index in [1.165, 1.54) is 19.3 Å². The molecule has 0 bridgehead atoms. The van der Waals surface area contributed by atoms with Gasteiger partial charge in [0, 0.05) is 44.4 Å². The van der Waals surface area contributed by atoms with E-state index in [9.17, 15) is 4.79 Å². The van der Waals surface area contributed by atoms with Crippen LogP contribution in [0.3, 0.4) is 0 Å². The Kier molecular flexibility index (Phi) is 10.7. The lowest BCUT2D eigenvalue weighted by atomic mass is 9.98. The van der Waals surface area contributed by atoms with Crippen molar-refractivity contribution in [2.45, 2.75) is 77.5 Å². The first-order valence-electron chi connectivity index (χ1n) is 11.1. The maximum Gasteiger partial charge on any atom is 0.222 e. The van der Waals surface area contributed by atoms with E-state index in [4.69, 9.17) is 9.73 Å². The number of halogens is 1. The van der Waals surface area contributed by atoms with Crippen molar-refractivity contribution in [2.75, 3.05) is 19.6 Å². The van der Waals surface area contributed by atoms with E-state index >= 15 is 0 Å². The van der Waals surface area contributed by atoms with Gasteiger partial charge in [0.15, 0.2) is 5.96 Å². The Morgan fingerprint density at radius 3 is 2.70 bits per heavy atom. The molecule has 30 heavy (non-hydrogen) atoms. The first kappa shape index (κ1) is 24.7. The molecule has 3 rings (SSSR count). The average molecular weight is 529 g/mol. The zero-order valence-electron chi connectivity index (χ0n) is 18.2. The van der Waals surface area contributed by atoms with Crippen molar-refractivity contribution in [3.63, 3.8) is 0 Å². The monoisotopic (exact) mass is 529 g/mol. The van der Waals surface area contributed by atoms with Gasteiger partial charge in [-0.2, -0.15) is 0 Å². The molecule has 2 fully saturated rings. The van der Waals surface area contributed by atoms with Gasteiger partial charge in [0.2, 0.25) is 11.8 Å². The van der Waals surface area contributed by atoms with Crippen LogP contribution in [0.4, 0.5) is 0 Å². The van der Waals surface area contributed by atoms with Crippen LogP contribution >= 0.6 is 24.0 Å². The molecule has 7 nitrogen and oxygen atoms in total. The highest BCUT2D eigenvalue weighted by Crippen LogP contribution is 2.22. The number of pyridine rings is 1. The second-order valence-electron chi connectivity index (χ2n) is 7.90. The highest BCUT2D eigenvalue weighted by atomic mass is 127. The molecule has 0 spiro atoms. The summed E-state index contributed by atoms with van der Waals surface area (Å²) < 4.78 is 6.00. The molecule has 0 aromatic carbocycles. The maximum atomic E-state index is 11.9. The Morgan fingerprint density at radius 1 is 1.23 bits per heavy atom. The van der Waals surface area contributed by atoms with Gasteiger partial charge in [-0.1, -0.05) is 19.4 Å². The number of nitrogens with zero attached hydrogens (tertiary/aromatic N) is 3. The third-order valence-corrected chi connectivity index (χ3v) is 5.59. The predicted molar refractivity (Wildman–Crippen MR) is 130 cm³/mol. The van der Waals surface area contributed by atoms with E-state index < -0.39 is 0 Å². The van der Waals surface area contributed by atoms with Crippen LogP contribution in [0, 0.1) is 0 Å². The van der Waals surface area contributed by atoms with Gasteiger partial charge in [-0.05, 0) is 44.6 Å². The topological polar surface area (TPSA) is 78.9 Å². The van der Waals surface area contributed by atoms with Crippen LogP contribution in [0.2, 0.25) is 0 Å². The van der Waals surface area contributed by atoms with Gasteiger partial charge in [0.05, 0.1) is 6.54 Å². The van der Waals surface area contributed by atoms with Crippen molar-refractivity contribution in [3.8, 4) is 5.88 Å². The molecule has 1 aromatic heterocycles. The van der Waals surface area contributed by atoms with Gasteiger partial charge >= 0.3 is 0 Å². The number of likely N-dealkylation sites (tertiary alicyclic amines) is 1. The number of nitrogens with one attached hydrogen (secondary N) is 2. The molecule has 1 saturated carbocycles. The molecular weight excluding hydrogens is 493 g/mol. The first-order chi connectivity index (χ1) is 14.2. The van der Waals surface area contributed by atoms with E-state index in [1.54, 1.807) is 0 Å². The van der Waals surface area contributed by atoms with E-state index in [0.717, 1.165) is 50.4 Å². The van der Waals surface area contributed by atoms with Crippen LogP contribution in [0.5, 0.6) is 5.88 Å². The highest BCUT2D eigenvalue weighted by molar-refractivity contribution is 14.0. The van der Waals surface area contributed by atoms with Crippen LogP contribution in [-0.2, 0) is 11.3 Å². The molecule has 168 valence electrons. The summed E-state index contributed by atoms with van der Waals surface area (Å²) in [5.74, 6) is 1.71. The maximum absolute atomic E-state index is 11.9. The van der Waals surface area contributed by atoms with Crippen molar-refractivity contribution in [1.29, 1.82) is 0 Å². The summed E-state index contributed by atoms with van der Waals surface area (Å²) in [7, 11) is 0. The summed E-state index contributed by atoms with van der Waals surface area (Å²) in [5.41, 5.74) is 1.05. The second-order valence-corrected chi connectivity index (χ2v) is 7.90. The molecule has 2 N–H and O–H groups in total. The lowest BCUT2D eigenvalue weighted by molar-refractivity contribution is -0.129. The molecule has 1 aliphatic carbocycles. The molecule has 1 amide bonds. The third kappa shape index (κ3) is 7.59. The molecule has 2 heterocycles. The fourth-order valence-electron chi connectivity index (χ4n) is 3.94. The number of aromatic nitrogens is 1. The van der Waals surface area contributed by atoms with Crippen LogP contribution in [0.1, 0.15) is 64.4 Å². The zero-order chi connectivity index (χ0) is 20.5. The van der Waals surface area contributed by atoms with Gasteiger partial charge in [-0.25, -0.2) is 9.98 Å². The summed E-state index contributed by atoms with van der Waals surface area (Å²) in [6, 6.07) is 4.23. The lowest BCUT2D eigenvalue weighted by Gasteiger charge is -2.22. The Balaban J connectivity index is 0.00000320. The van der Waals surface area contributed by atoms with Gasteiger partial charge in [0.25, 0.3) is 0 Å². The number of hydrogen-bond acceptors (Lipinski definition) is 4. The highest BCUT2D eigenvalue weighted by Gasteiger charge is 2.25. The van der Waals surface area contributed by atoms with E-state index in [2.05, 4.69) is 22.5 Å². The predicted octanol–water partition coefficient (Wildman–Crippen LogP) is 3.48. The van der Waals surface area contributed by atoms with Crippen LogP contribution < -0.4 is 15.4 Å². The molecule has 0 radical (unpaired) electrons. The first-order valence-corrected chi connectivity index (χ1v) is 11.1. The number of carbonyl (C=O) groups excluding carboxylic acids is 1. The summed E-state index contributed by atoms with van der Waals surface area (Å²) in [6.07, 6.45) is 9.77. The summed E-state index contributed by atoms with van der Waals surface area (Å²) >= 11 is 0. The third-order valence-electron chi connectivity index (χ3n) is 5.59.